The van der Waals surface area contributed by atoms with Gasteiger partial charge in [0.2, 0.25) is 21.8 Å². The minimum absolute atomic E-state index is 0.218. The lowest BCUT2D eigenvalue weighted by Gasteiger charge is -2.33. The number of amides is 2. The highest BCUT2D eigenvalue weighted by atomic mass is 32.2. The van der Waals surface area contributed by atoms with Crippen LogP contribution < -0.4 is 9.62 Å². The van der Waals surface area contributed by atoms with Gasteiger partial charge in [0, 0.05) is 13.1 Å². The predicted molar refractivity (Wildman–Crippen MR) is 142 cm³/mol. The lowest BCUT2D eigenvalue weighted by molar-refractivity contribution is -0.140. The monoisotopic (exact) mass is 501 g/mol. The van der Waals surface area contributed by atoms with Crippen LogP contribution in [0, 0.1) is 20.8 Å². The van der Waals surface area contributed by atoms with Crippen LogP contribution in [0.5, 0.6) is 0 Å². The second-order valence-corrected chi connectivity index (χ2v) is 11.0. The molecule has 7 nitrogen and oxygen atoms in total. The van der Waals surface area contributed by atoms with Gasteiger partial charge >= 0.3 is 0 Å². The standard InChI is InChI=1S/C27H39N3O4S/c1-7-9-16-28-27(32)24(8-2)29(18-23-13-11-10-12-21(23)4)26(31)19-30(35(6,33)34)25-15-14-20(3)17-22(25)5/h10-15,17,24H,7-9,16,18-19H2,1-6H3,(H,28,32)/t24-/m1/s1. The van der Waals surface area contributed by atoms with E-state index < -0.39 is 22.0 Å². The minimum atomic E-state index is -3.75. The molecular weight excluding hydrogens is 462 g/mol. The van der Waals surface area contributed by atoms with Gasteiger partial charge in [0.25, 0.3) is 0 Å². The molecule has 0 aliphatic rings. The van der Waals surface area contributed by atoms with Gasteiger partial charge in [-0.25, -0.2) is 8.42 Å². The summed E-state index contributed by atoms with van der Waals surface area (Å²) in [4.78, 5) is 28.3. The summed E-state index contributed by atoms with van der Waals surface area (Å²) in [7, 11) is -3.75. The van der Waals surface area contributed by atoms with Gasteiger partial charge in [-0.3, -0.25) is 13.9 Å². The van der Waals surface area contributed by atoms with E-state index >= 15 is 0 Å². The molecule has 1 N–H and O–H groups in total. The topological polar surface area (TPSA) is 86.8 Å². The second kappa shape index (κ2) is 12.7. The third-order valence-corrected chi connectivity index (χ3v) is 7.24. The van der Waals surface area contributed by atoms with Crippen molar-refractivity contribution in [2.45, 2.75) is 66.5 Å². The number of benzene rings is 2. The molecule has 2 aromatic carbocycles. The molecule has 0 spiro atoms. The van der Waals surface area contributed by atoms with Crippen LogP contribution in [-0.2, 0) is 26.2 Å². The zero-order chi connectivity index (χ0) is 26.2. The zero-order valence-electron chi connectivity index (χ0n) is 21.8. The number of aryl methyl sites for hydroxylation is 3. The molecule has 0 saturated carbocycles. The van der Waals surface area contributed by atoms with Crippen molar-refractivity contribution in [3.05, 3.63) is 64.7 Å². The molecule has 0 fully saturated rings. The van der Waals surface area contributed by atoms with Crippen molar-refractivity contribution in [3.63, 3.8) is 0 Å². The Labute approximate surface area is 210 Å². The third kappa shape index (κ3) is 7.82. The van der Waals surface area contributed by atoms with Gasteiger partial charge in [-0.15, -0.1) is 0 Å². The number of hydrogen-bond donors (Lipinski definition) is 1. The fraction of sp³-hybridized carbons (Fsp3) is 0.481. The van der Waals surface area contributed by atoms with Crippen LogP contribution in [-0.4, -0.2) is 50.5 Å². The summed E-state index contributed by atoms with van der Waals surface area (Å²) in [6.45, 7) is 9.99. The van der Waals surface area contributed by atoms with Gasteiger partial charge < -0.3 is 10.2 Å². The van der Waals surface area contributed by atoms with E-state index in [0.29, 0.717) is 18.7 Å². The summed E-state index contributed by atoms with van der Waals surface area (Å²) in [6.07, 6.45) is 3.31. The molecule has 8 heteroatoms. The van der Waals surface area contributed by atoms with Crippen molar-refractivity contribution >= 4 is 27.5 Å². The first-order valence-electron chi connectivity index (χ1n) is 12.2. The maximum absolute atomic E-state index is 13.7. The Balaban J connectivity index is 2.45. The molecule has 0 saturated heterocycles. The SMILES string of the molecule is CCCCNC(=O)[C@@H](CC)N(Cc1ccccc1C)C(=O)CN(c1ccc(C)cc1C)S(C)(=O)=O. The number of carbonyl (C=O) groups excluding carboxylic acids is 2. The van der Waals surface area contributed by atoms with E-state index in [-0.39, 0.29) is 19.0 Å². The third-order valence-electron chi connectivity index (χ3n) is 6.12. The maximum Gasteiger partial charge on any atom is 0.244 e. The summed E-state index contributed by atoms with van der Waals surface area (Å²) in [5, 5.41) is 2.94. The molecule has 0 unspecified atom stereocenters. The van der Waals surface area contributed by atoms with Crippen LogP contribution >= 0.6 is 0 Å². The lowest BCUT2D eigenvalue weighted by atomic mass is 10.1. The molecule has 2 rings (SSSR count). The van der Waals surface area contributed by atoms with Crippen molar-refractivity contribution in [1.29, 1.82) is 0 Å². The maximum atomic E-state index is 13.7. The van der Waals surface area contributed by atoms with E-state index in [0.717, 1.165) is 45.7 Å². The highest BCUT2D eigenvalue weighted by Gasteiger charge is 2.32. The molecule has 192 valence electrons. The molecule has 0 radical (unpaired) electrons. The van der Waals surface area contributed by atoms with Crippen LogP contribution in [0.1, 0.15) is 55.4 Å². The molecule has 1 atom stereocenters. The van der Waals surface area contributed by atoms with E-state index in [1.54, 1.807) is 6.07 Å². The first kappa shape index (κ1) is 28.4. The first-order valence-corrected chi connectivity index (χ1v) is 14.0. The molecular formula is C27H39N3O4S. The number of unbranched alkanes of at least 4 members (excludes halogenated alkanes) is 1. The van der Waals surface area contributed by atoms with Crippen molar-refractivity contribution in [1.82, 2.24) is 10.2 Å². The number of carbonyl (C=O) groups is 2. The van der Waals surface area contributed by atoms with Crippen LogP contribution in [0.4, 0.5) is 5.69 Å². The molecule has 0 aromatic heterocycles. The van der Waals surface area contributed by atoms with Crippen molar-refractivity contribution in [2.24, 2.45) is 0 Å². The van der Waals surface area contributed by atoms with E-state index in [4.69, 9.17) is 0 Å². The van der Waals surface area contributed by atoms with Crippen LogP contribution in [0.3, 0.4) is 0 Å². The average molecular weight is 502 g/mol. The number of rotatable bonds is 12. The molecule has 2 aromatic rings. The minimum Gasteiger partial charge on any atom is -0.354 e. The van der Waals surface area contributed by atoms with E-state index in [2.05, 4.69) is 5.32 Å². The number of nitrogens with zero attached hydrogens (tertiary/aromatic N) is 2. The Morgan fingerprint density at radius 1 is 1.00 bits per heavy atom. The smallest absolute Gasteiger partial charge is 0.244 e. The summed E-state index contributed by atoms with van der Waals surface area (Å²) < 4.78 is 26.7. The predicted octanol–water partition coefficient (Wildman–Crippen LogP) is 4.10. The lowest BCUT2D eigenvalue weighted by Crippen LogP contribution is -2.52. The summed E-state index contributed by atoms with van der Waals surface area (Å²) in [5.41, 5.74) is 4.14. The summed E-state index contributed by atoms with van der Waals surface area (Å²) in [6, 6.07) is 12.4. The van der Waals surface area contributed by atoms with Gasteiger partial charge in [-0.05, 0) is 56.4 Å². The highest BCUT2D eigenvalue weighted by Crippen LogP contribution is 2.24. The normalized spacial score (nSPS) is 12.2. The summed E-state index contributed by atoms with van der Waals surface area (Å²) >= 11 is 0. The largest absolute Gasteiger partial charge is 0.354 e. The summed E-state index contributed by atoms with van der Waals surface area (Å²) in [5.74, 6) is -0.642. The first-order chi connectivity index (χ1) is 16.5. The average Bonchev–Trinajstić information content (AvgIpc) is 2.78. The van der Waals surface area contributed by atoms with Gasteiger partial charge in [0.1, 0.15) is 12.6 Å². The fourth-order valence-corrected chi connectivity index (χ4v) is 4.98. The van der Waals surface area contributed by atoms with Crippen molar-refractivity contribution in [3.8, 4) is 0 Å². The molecule has 0 bridgehead atoms. The molecule has 0 aliphatic carbocycles. The number of sulfonamides is 1. The van der Waals surface area contributed by atoms with Gasteiger partial charge in [-0.2, -0.15) is 0 Å². The highest BCUT2D eigenvalue weighted by molar-refractivity contribution is 7.92. The Bertz CT molecular complexity index is 1130. The van der Waals surface area contributed by atoms with Gasteiger partial charge in [-0.1, -0.05) is 62.2 Å². The Kier molecular flexibility index (Phi) is 10.3. The van der Waals surface area contributed by atoms with Crippen LogP contribution in [0.15, 0.2) is 42.5 Å². The van der Waals surface area contributed by atoms with E-state index in [1.165, 1.54) is 4.90 Å². The molecule has 0 aliphatic heterocycles. The van der Waals surface area contributed by atoms with E-state index in [1.807, 2.05) is 71.0 Å². The fourth-order valence-electron chi connectivity index (χ4n) is 4.08. The van der Waals surface area contributed by atoms with Gasteiger partial charge in [0.05, 0.1) is 11.9 Å². The number of nitrogens with one attached hydrogen (secondary N) is 1. The van der Waals surface area contributed by atoms with Gasteiger partial charge in [0.15, 0.2) is 0 Å². The van der Waals surface area contributed by atoms with Crippen LogP contribution in [0.2, 0.25) is 0 Å². The number of hydrogen-bond acceptors (Lipinski definition) is 4. The molecule has 0 heterocycles. The quantitative estimate of drug-likeness (QED) is 0.444. The Morgan fingerprint density at radius 2 is 1.69 bits per heavy atom. The van der Waals surface area contributed by atoms with Crippen molar-refractivity contribution < 1.29 is 18.0 Å². The zero-order valence-corrected chi connectivity index (χ0v) is 22.6. The molecule has 2 amide bonds. The van der Waals surface area contributed by atoms with Crippen LogP contribution in [0.25, 0.3) is 0 Å². The van der Waals surface area contributed by atoms with Crippen molar-refractivity contribution in [2.75, 3.05) is 23.7 Å². The molecule has 35 heavy (non-hydrogen) atoms. The number of anilines is 1. The Morgan fingerprint density at radius 3 is 2.26 bits per heavy atom. The van der Waals surface area contributed by atoms with E-state index in [9.17, 15) is 18.0 Å². The Hall–Kier alpha value is -2.87. The second-order valence-electron chi connectivity index (χ2n) is 9.08.